The number of halogens is 1. The largest absolute Gasteiger partial charge is 0.383 e. The summed E-state index contributed by atoms with van der Waals surface area (Å²) in [6.45, 7) is 1.21. The molecule has 0 spiro atoms. The Balaban J connectivity index is 1.82. The molecular weight excluding hydrogens is 366 g/mol. The van der Waals surface area contributed by atoms with Crippen LogP contribution in [0.15, 0.2) is 48.8 Å². The third-order valence-corrected chi connectivity index (χ3v) is 5.09. The van der Waals surface area contributed by atoms with Gasteiger partial charge in [-0.2, -0.15) is 0 Å². The van der Waals surface area contributed by atoms with Crippen molar-refractivity contribution in [3.63, 3.8) is 0 Å². The minimum Gasteiger partial charge on any atom is -0.383 e. The molecule has 1 aromatic carbocycles. The third-order valence-electron chi connectivity index (χ3n) is 4.74. The van der Waals surface area contributed by atoms with E-state index >= 15 is 0 Å². The van der Waals surface area contributed by atoms with Crippen molar-refractivity contribution in [2.75, 3.05) is 20.3 Å². The number of hydrogen-bond acceptors (Lipinski definition) is 4. The summed E-state index contributed by atoms with van der Waals surface area (Å²) in [5.41, 5.74) is 1.73. The van der Waals surface area contributed by atoms with Crippen LogP contribution in [0, 0.1) is 5.92 Å². The van der Waals surface area contributed by atoms with Crippen molar-refractivity contribution in [2.45, 2.75) is 19.0 Å². The minimum atomic E-state index is -0.504. The van der Waals surface area contributed by atoms with E-state index < -0.39 is 12.0 Å². The van der Waals surface area contributed by atoms with Crippen LogP contribution in [0.25, 0.3) is 0 Å². The topological polar surface area (TPSA) is 71.5 Å². The molecule has 0 saturated carbocycles. The minimum absolute atomic E-state index is 0.0685. The normalized spacial score (nSPS) is 19.3. The van der Waals surface area contributed by atoms with Crippen molar-refractivity contribution in [2.24, 2.45) is 5.92 Å². The molecular formula is C20H22ClN3O3. The number of carbonyl (C=O) groups excluding carboxylic acids is 2. The Bertz CT molecular complexity index is 800. The quantitative estimate of drug-likeness (QED) is 0.792. The summed E-state index contributed by atoms with van der Waals surface area (Å²) in [5, 5.41) is 3.49. The zero-order valence-corrected chi connectivity index (χ0v) is 15.9. The molecule has 1 aromatic heterocycles. The Labute approximate surface area is 163 Å². The predicted octanol–water partition coefficient (Wildman–Crippen LogP) is 2.59. The van der Waals surface area contributed by atoms with Crippen LogP contribution in [0.4, 0.5) is 0 Å². The highest BCUT2D eigenvalue weighted by Crippen LogP contribution is 2.40. The number of pyridine rings is 1. The first-order valence-electron chi connectivity index (χ1n) is 8.81. The number of methoxy groups -OCH3 is 1. The summed E-state index contributed by atoms with van der Waals surface area (Å²) in [7, 11) is 1.59. The van der Waals surface area contributed by atoms with Crippen LogP contribution in [0.2, 0.25) is 5.02 Å². The molecule has 2 aromatic rings. The Hall–Kier alpha value is -2.44. The zero-order valence-electron chi connectivity index (χ0n) is 15.1. The molecule has 142 valence electrons. The molecule has 2 amide bonds. The van der Waals surface area contributed by atoms with E-state index in [1.807, 2.05) is 30.3 Å². The lowest BCUT2D eigenvalue weighted by Crippen LogP contribution is -2.36. The van der Waals surface area contributed by atoms with Gasteiger partial charge < -0.3 is 15.0 Å². The van der Waals surface area contributed by atoms with E-state index in [1.54, 1.807) is 30.5 Å². The summed E-state index contributed by atoms with van der Waals surface area (Å²) in [5.74, 6) is -0.734. The molecule has 1 fully saturated rings. The summed E-state index contributed by atoms with van der Waals surface area (Å²) in [6, 6.07) is 10.6. The van der Waals surface area contributed by atoms with Gasteiger partial charge in [0.15, 0.2) is 0 Å². The van der Waals surface area contributed by atoms with E-state index in [4.69, 9.17) is 16.3 Å². The molecule has 1 aliphatic heterocycles. The number of ether oxygens (including phenoxy) is 1. The van der Waals surface area contributed by atoms with E-state index in [-0.39, 0.29) is 18.2 Å². The van der Waals surface area contributed by atoms with Gasteiger partial charge >= 0.3 is 0 Å². The van der Waals surface area contributed by atoms with Crippen LogP contribution < -0.4 is 5.32 Å². The number of hydrogen-bond donors (Lipinski definition) is 1. The number of aromatic nitrogens is 1. The lowest BCUT2D eigenvalue weighted by Gasteiger charge is -2.28. The Morgan fingerprint density at radius 3 is 2.74 bits per heavy atom. The maximum Gasteiger partial charge on any atom is 0.226 e. The molecule has 27 heavy (non-hydrogen) atoms. The number of rotatable bonds is 7. The molecule has 7 heteroatoms. The van der Waals surface area contributed by atoms with Crippen molar-refractivity contribution >= 4 is 23.4 Å². The Morgan fingerprint density at radius 1 is 1.30 bits per heavy atom. The molecule has 2 atom stereocenters. The highest BCUT2D eigenvalue weighted by Gasteiger charge is 2.44. The molecule has 1 aliphatic rings. The zero-order chi connectivity index (χ0) is 19.2. The van der Waals surface area contributed by atoms with Gasteiger partial charge in [0, 0.05) is 44.0 Å². The second-order valence-corrected chi connectivity index (χ2v) is 6.84. The SMILES string of the molecule is COCCN1C(=O)C[C@@H](C(=O)NCc2ccncc2)[C@@H]1c1ccccc1Cl. The van der Waals surface area contributed by atoms with Crippen molar-refractivity contribution in [3.05, 3.63) is 64.9 Å². The molecule has 0 bridgehead atoms. The number of carbonyl (C=O) groups is 2. The summed E-state index contributed by atoms with van der Waals surface area (Å²) >= 11 is 6.39. The van der Waals surface area contributed by atoms with Gasteiger partial charge in [0.2, 0.25) is 11.8 Å². The smallest absolute Gasteiger partial charge is 0.226 e. The van der Waals surface area contributed by atoms with E-state index in [2.05, 4.69) is 10.3 Å². The standard InChI is InChI=1S/C20H22ClN3O3/c1-27-11-10-24-18(25)12-16(19(24)15-4-2-3-5-17(15)21)20(26)23-13-14-6-8-22-9-7-14/h2-9,16,19H,10-13H2,1H3,(H,23,26)/t16-,19+/m1/s1. The molecule has 3 rings (SSSR count). The van der Waals surface area contributed by atoms with Gasteiger partial charge in [-0.15, -0.1) is 0 Å². The number of amides is 2. The van der Waals surface area contributed by atoms with E-state index in [0.29, 0.717) is 24.7 Å². The average molecular weight is 388 g/mol. The Kier molecular flexibility index (Phi) is 6.42. The molecule has 6 nitrogen and oxygen atoms in total. The molecule has 2 heterocycles. The maximum atomic E-state index is 12.9. The summed E-state index contributed by atoms with van der Waals surface area (Å²) in [6.07, 6.45) is 3.51. The lowest BCUT2D eigenvalue weighted by molar-refractivity contribution is -0.129. The van der Waals surface area contributed by atoms with Crippen LogP contribution in [0.3, 0.4) is 0 Å². The fraction of sp³-hybridized carbons (Fsp3) is 0.350. The van der Waals surface area contributed by atoms with Gasteiger partial charge in [0.05, 0.1) is 18.6 Å². The van der Waals surface area contributed by atoms with Crippen molar-refractivity contribution in [3.8, 4) is 0 Å². The fourth-order valence-corrected chi connectivity index (χ4v) is 3.65. The highest BCUT2D eigenvalue weighted by molar-refractivity contribution is 6.31. The van der Waals surface area contributed by atoms with Crippen LogP contribution in [-0.4, -0.2) is 42.0 Å². The first kappa shape index (κ1) is 19.3. The lowest BCUT2D eigenvalue weighted by atomic mass is 9.92. The van der Waals surface area contributed by atoms with Gasteiger partial charge in [-0.05, 0) is 29.3 Å². The second kappa shape index (κ2) is 8.97. The fourth-order valence-electron chi connectivity index (χ4n) is 3.40. The van der Waals surface area contributed by atoms with E-state index in [9.17, 15) is 9.59 Å². The molecule has 1 N–H and O–H groups in total. The van der Waals surface area contributed by atoms with Gasteiger partial charge in [-0.1, -0.05) is 29.8 Å². The molecule has 0 unspecified atom stereocenters. The first-order valence-corrected chi connectivity index (χ1v) is 9.19. The van der Waals surface area contributed by atoms with Crippen molar-refractivity contribution < 1.29 is 14.3 Å². The van der Waals surface area contributed by atoms with E-state index in [1.165, 1.54) is 0 Å². The number of likely N-dealkylation sites (tertiary alicyclic amines) is 1. The van der Waals surface area contributed by atoms with Crippen LogP contribution in [0.5, 0.6) is 0 Å². The summed E-state index contributed by atoms with van der Waals surface area (Å²) in [4.78, 5) is 31.2. The van der Waals surface area contributed by atoms with Crippen molar-refractivity contribution in [1.82, 2.24) is 15.2 Å². The number of benzene rings is 1. The third kappa shape index (κ3) is 4.46. The van der Waals surface area contributed by atoms with E-state index in [0.717, 1.165) is 11.1 Å². The van der Waals surface area contributed by atoms with Gasteiger partial charge in [0.1, 0.15) is 0 Å². The first-order chi connectivity index (χ1) is 13.1. The van der Waals surface area contributed by atoms with Gasteiger partial charge in [-0.3, -0.25) is 14.6 Å². The van der Waals surface area contributed by atoms with Gasteiger partial charge in [0.25, 0.3) is 0 Å². The molecule has 0 radical (unpaired) electrons. The number of nitrogens with one attached hydrogen (secondary N) is 1. The summed E-state index contributed by atoms with van der Waals surface area (Å²) < 4.78 is 5.13. The van der Waals surface area contributed by atoms with Gasteiger partial charge in [-0.25, -0.2) is 0 Å². The van der Waals surface area contributed by atoms with Crippen LogP contribution >= 0.6 is 11.6 Å². The maximum absolute atomic E-state index is 12.9. The Morgan fingerprint density at radius 2 is 2.04 bits per heavy atom. The average Bonchev–Trinajstić information content (AvgIpc) is 3.02. The predicted molar refractivity (Wildman–Crippen MR) is 102 cm³/mol. The molecule has 0 aliphatic carbocycles. The van der Waals surface area contributed by atoms with Crippen LogP contribution in [-0.2, 0) is 20.9 Å². The van der Waals surface area contributed by atoms with Crippen molar-refractivity contribution in [1.29, 1.82) is 0 Å². The second-order valence-electron chi connectivity index (χ2n) is 6.43. The molecule has 1 saturated heterocycles. The highest BCUT2D eigenvalue weighted by atomic mass is 35.5. The monoisotopic (exact) mass is 387 g/mol. The van der Waals surface area contributed by atoms with Crippen LogP contribution in [0.1, 0.15) is 23.6 Å². The number of nitrogens with zero attached hydrogens (tertiary/aromatic N) is 2.